The molecule has 0 aliphatic carbocycles. The summed E-state index contributed by atoms with van der Waals surface area (Å²) in [5.41, 5.74) is 1.85. The number of carbonyl (C=O) groups excluding carboxylic acids is 1. The van der Waals surface area contributed by atoms with Gasteiger partial charge < -0.3 is 9.80 Å². The number of rotatable bonds is 4. The van der Waals surface area contributed by atoms with Gasteiger partial charge in [-0.1, -0.05) is 37.0 Å². The quantitative estimate of drug-likeness (QED) is 0.517. The fraction of sp³-hybridized carbons (Fsp3) is 0.455. The Hall–Kier alpha value is -2.23. The van der Waals surface area contributed by atoms with Gasteiger partial charge >= 0.3 is 0 Å². The van der Waals surface area contributed by atoms with Crippen molar-refractivity contribution in [1.82, 2.24) is 19.2 Å². The van der Waals surface area contributed by atoms with Gasteiger partial charge in [-0.05, 0) is 45.0 Å². The summed E-state index contributed by atoms with van der Waals surface area (Å²) in [6.45, 7) is 12.4. The van der Waals surface area contributed by atoms with Crippen LogP contribution < -0.4 is 10.5 Å². The molecule has 2 aliphatic heterocycles. The fourth-order valence-corrected chi connectivity index (χ4v) is 5.45. The Labute approximate surface area is 191 Å². The second-order valence-electron chi connectivity index (χ2n) is 8.16. The van der Waals surface area contributed by atoms with Crippen molar-refractivity contribution in [3.8, 4) is 0 Å². The molecule has 1 amide bonds. The molecule has 0 unspecified atom stereocenters. The number of aryl methyl sites for hydroxylation is 1. The van der Waals surface area contributed by atoms with Crippen molar-refractivity contribution in [1.29, 1.82) is 0 Å². The first-order chi connectivity index (χ1) is 14.8. The van der Waals surface area contributed by atoms with Gasteiger partial charge in [0.1, 0.15) is 15.8 Å². The molecule has 0 aromatic carbocycles. The number of hydrogen-bond donors (Lipinski definition) is 0. The summed E-state index contributed by atoms with van der Waals surface area (Å²) in [5.74, 6) is 0.486. The van der Waals surface area contributed by atoms with Crippen molar-refractivity contribution < 1.29 is 4.79 Å². The molecule has 164 valence electrons. The van der Waals surface area contributed by atoms with Crippen LogP contribution in [-0.2, 0) is 4.79 Å². The monoisotopic (exact) mass is 457 g/mol. The Kier molecular flexibility index (Phi) is 6.18. The van der Waals surface area contributed by atoms with Crippen LogP contribution in [0.25, 0.3) is 11.7 Å². The number of fused-ring (bicyclic) bond motifs is 1. The molecular formula is C22H27N5O2S2. The van der Waals surface area contributed by atoms with E-state index in [0.29, 0.717) is 26.3 Å². The van der Waals surface area contributed by atoms with E-state index >= 15 is 0 Å². The summed E-state index contributed by atoms with van der Waals surface area (Å²) in [6.07, 6.45) is 3.48. The average Bonchev–Trinajstić information content (AvgIpc) is 3.03. The average molecular weight is 458 g/mol. The summed E-state index contributed by atoms with van der Waals surface area (Å²) >= 11 is 6.66. The number of pyridine rings is 1. The van der Waals surface area contributed by atoms with E-state index in [1.54, 1.807) is 21.6 Å². The van der Waals surface area contributed by atoms with Crippen molar-refractivity contribution in [2.75, 3.05) is 37.6 Å². The normalized spacial score (nSPS) is 19.5. The number of aromatic nitrogens is 2. The van der Waals surface area contributed by atoms with Crippen LogP contribution in [0.5, 0.6) is 0 Å². The van der Waals surface area contributed by atoms with E-state index in [0.717, 1.165) is 38.3 Å². The Morgan fingerprint density at radius 1 is 1.19 bits per heavy atom. The minimum atomic E-state index is -0.170. The standard InChI is InChI=1S/C22H27N5O2S2/c1-5-24-8-10-25(11-9-24)19-16(12-17-21(29)27(14(2)3)22(30)31-17)20(28)26-13-15(4)6-7-18(26)23-19/h6-7,12-14H,5,8-11H2,1-4H3/b17-12-. The van der Waals surface area contributed by atoms with Crippen LogP contribution >= 0.6 is 24.0 Å². The summed E-state index contributed by atoms with van der Waals surface area (Å²) < 4.78 is 2.09. The smallest absolute Gasteiger partial charge is 0.267 e. The van der Waals surface area contributed by atoms with Gasteiger partial charge in [-0.25, -0.2) is 4.98 Å². The number of amides is 1. The number of hydrogen-bond acceptors (Lipinski definition) is 7. The highest BCUT2D eigenvalue weighted by Gasteiger charge is 2.34. The molecule has 2 aliphatic rings. The number of nitrogens with zero attached hydrogens (tertiary/aromatic N) is 5. The van der Waals surface area contributed by atoms with Crippen LogP contribution in [0.4, 0.5) is 5.82 Å². The van der Waals surface area contributed by atoms with Crippen LogP contribution in [0.3, 0.4) is 0 Å². The number of thioether (sulfide) groups is 1. The summed E-state index contributed by atoms with van der Waals surface area (Å²) in [6, 6.07) is 3.79. The maximum absolute atomic E-state index is 13.5. The minimum Gasteiger partial charge on any atom is -0.353 e. The van der Waals surface area contributed by atoms with Crippen molar-refractivity contribution in [2.24, 2.45) is 0 Å². The molecule has 0 spiro atoms. The zero-order valence-corrected chi connectivity index (χ0v) is 19.9. The van der Waals surface area contributed by atoms with E-state index < -0.39 is 0 Å². The second kappa shape index (κ2) is 8.72. The Morgan fingerprint density at radius 3 is 2.52 bits per heavy atom. The molecule has 2 aromatic heterocycles. The summed E-state index contributed by atoms with van der Waals surface area (Å²) in [7, 11) is 0. The Balaban J connectivity index is 1.85. The van der Waals surface area contributed by atoms with Gasteiger partial charge in [0.2, 0.25) is 0 Å². The molecule has 7 nitrogen and oxygen atoms in total. The molecule has 4 rings (SSSR count). The highest BCUT2D eigenvalue weighted by Crippen LogP contribution is 2.34. The van der Waals surface area contributed by atoms with Crippen LogP contribution in [0.2, 0.25) is 0 Å². The lowest BCUT2D eigenvalue weighted by molar-refractivity contribution is -0.123. The number of thiocarbonyl (C=S) groups is 1. The zero-order chi connectivity index (χ0) is 22.3. The van der Waals surface area contributed by atoms with E-state index in [2.05, 4.69) is 16.7 Å². The van der Waals surface area contributed by atoms with Crippen LogP contribution in [0.15, 0.2) is 28.0 Å². The lowest BCUT2D eigenvalue weighted by Gasteiger charge is -2.35. The molecule has 2 saturated heterocycles. The van der Waals surface area contributed by atoms with Gasteiger partial charge in [-0.15, -0.1) is 0 Å². The largest absolute Gasteiger partial charge is 0.353 e. The van der Waals surface area contributed by atoms with Gasteiger partial charge in [0.15, 0.2) is 0 Å². The van der Waals surface area contributed by atoms with Crippen LogP contribution in [0.1, 0.15) is 31.9 Å². The third-order valence-corrected chi connectivity index (χ3v) is 7.05. The van der Waals surface area contributed by atoms with Gasteiger partial charge in [-0.3, -0.25) is 18.9 Å². The highest BCUT2D eigenvalue weighted by molar-refractivity contribution is 8.26. The van der Waals surface area contributed by atoms with Gasteiger partial charge in [0, 0.05) is 38.4 Å². The molecule has 2 fully saturated rings. The van der Waals surface area contributed by atoms with Crippen molar-refractivity contribution in [3.05, 3.63) is 44.7 Å². The molecule has 4 heterocycles. The lowest BCUT2D eigenvalue weighted by Crippen LogP contribution is -2.47. The molecule has 0 radical (unpaired) electrons. The van der Waals surface area contributed by atoms with E-state index in [1.165, 1.54) is 11.8 Å². The minimum absolute atomic E-state index is 0.0292. The second-order valence-corrected chi connectivity index (χ2v) is 9.83. The van der Waals surface area contributed by atoms with Crippen molar-refractivity contribution >= 4 is 51.7 Å². The zero-order valence-electron chi connectivity index (χ0n) is 18.3. The molecular weight excluding hydrogens is 430 g/mol. The fourth-order valence-electron chi connectivity index (χ4n) is 3.95. The maximum atomic E-state index is 13.5. The molecule has 0 bridgehead atoms. The van der Waals surface area contributed by atoms with E-state index in [1.807, 2.05) is 32.9 Å². The third kappa shape index (κ3) is 4.14. The molecule has 0 saturated carbocycles. The predicted molar refractivity (Wildman–Crippen MR) is 131 cm³/mol. The third-order valence-electron chi connectivity index (χ3n) is 5.72. The van der Waals surface area contributed by atoms with E-state index in [9.17, 15) is 9.59 Å². The van der Waals surface area contributed by atoms with E-state index in [4.69, 9.17) is 17.2 Å². The summed E-state index contributed by atoms with van der Waals surface area (Å²) in [4.78, 5) is 37.9. The number of likely N-dealkylation sites (N-methyl/N-ethyl adjacent to an activating group) is 1. The highest BCUT2D eigenvalue weighted by atomic mass is 32.2. The lowest BCUT2D eigenvalue weighted by atomic mass is 10.2. The maximum Gasteiger partial charge on any atom is 0.267 e. The first-order valence-electron chi connectivity index (χ1n) is 10.6. The number of anilines is 1. The molecule has 2 aromatic rings. The first-order valence-corrected chi connectivity index (χ1v) is 11.8. The topological polar surface area (TPSA) is 61.2 Å². The Morgan fingerprint density at radius 2 is 1.90 bits per heavy atom. The molecule has 9 heteroatoms. The number of piperazine rings is 1. The summed E-state index contributed by atoms with van der Waals surface area (Å²) in [5, 5.41) is 0. The number of carbonyl (C=O) groups is 1. The predicted octanol–water partition coefficient (Wildman–Crippen LogP) is 2.75. The molecule has 31 heavy (non-hydrogen) atoms. The van der Waals surface area contributed by atoms with Crippen LogP contribution in [0, 0.1) is 6.92 Å². The van der Waals surface area contributed by atoms with Crippen molar-refractivity contribution in [2.45, 2.75) is 33.7 Å². The van der Waals surface area contributed by atoms with Gasteiger partial charge in [0.25, 0.3) is 11.5 Å². The van der Waals surface area contributed by atoms with Gasteiger partial charge in [0.05, 0.1) is 10.5 Å². The van der Waals surface area contributed by atoms with Gasteiger partial charge in [-0.2, -0.15) is 0 Å². The SMILES string of the molecule is CCN1CCN(c2nc3ccc(C)cn3c(=O)c2/C=C2\SC(=S)N(C(C)C)C2=O)CC1. The van der Waals surface area contributed by atoms with Crippen molar-refractivity contribution in [3.63, 3.8) is 0 Å². The molecule has 0 atom stereocenters. The molecule has 0 N–H and O–H groups in total. The first kappa shape index (κ1) is 22.0. The Bertz CT molecular complexity index is 1130. The van der Waals surface area contributed by atoms with Crippen LogP contribution in [-0.4, -0.2) is 68.2 Å². The van der Waals surface area contributed by atoms with E-state index in [-0.39, 0.29) is 17.5 Å².